The second-order valence-electron chi connectivity index (χ2n) is 3.87. The van der Waals surface area contributed by atoms with E-state index in [1.807, 2.05) is 0 Å². The van der Waals surface area contributed by atoms with Crippen LogP contribution in [0.2, 0.25) is 13.6 Å². The van der Waals surface area contributed by atoms with Crippen LogP contribution in [0.25, 0.3) is 0 Å². The van der Waals surface area contributed by atoms with Crippen molar-refractivity contribution in [3.8, 4) is 0 Å². The molecular formula is C10H13BN2O. The van der Waals surface area contributed by atoms with Gasteiger partial charge < -0.3 is 4.42 Å². The molecule has 0 saturated heterocycles. The molecule has 72 valence electrons. The van der Waals surface area contributed by atoms with Gasteiger partial charge >= 0.3 is 0 Å². The van der Waals surface area contributed by atoms with Crippen molar-refractivity contribution in [1.29, 1.82) is 0 Å². The third-order valence-corrected chi connectivity index (χ3v) is 2.42. The predicted molar refractivity (Wildman–Crippen MR) is 56.3 cm³/mol. The first-order chi connectivity index (χ1) is 6.75. The molecule has 4 heteroatoms. The van der Waals surface area contributed by atoms with E-state index >= 15 is 0 Å². The summed E-state index contributed by atoms with van der Waals surface area (Å²) < 4.78 is 5.10. The monoisotopic (exact) mass is 188 g/mol. The van der Waals surface area contributed by atoms with Crippen LogP contribution in [0.15, 0.2) is 34.0 Å². The van der Waals surface area contributed by atoms with Crippen LogP contribution in [0.4, 0.5) is 0 Å². The lowest BCUT2D eigenvalue weighted by molar-refractivity contribution is 0.502. The first-order valence-corrected chi connectivity index (χ1v) is 4.90. The molecule has 0 aromatic carbocycles. The number of aromatic nitrogens is 2. The highest BCUT2D eigenvalue weighted by molar-refractivity contribution is 6.65. The van der Waals surface area contributed by atoms with Crippen LogP contribution in [-0.2, 0) is 6.42 Å². The SMILES string of the molecule is CB(C)C1=CCC(Cc2nnco2)=C1. The minimum absolute atomic E-state index is 0.607. The van der Waals surface area contributed by atoms with Gasteiger partial charge in [-0.05, 0) is 6.42 Å². The molecule has 0 aliphatic heterocycles. The van der Waals surface area contributed by atoms with Crippen molar-refractivity contribution >= 4 is 6.71 Å². The maximum atomic E-state index is 5.10. The normalized spacial score (nSPS) is 15.3. The summed E-state index contributed by atoms with van der Waals surface area (Å²) >= 11 is 0. The number of allylic oxidation sites excluding steroid dienone is 4. The van der Waals surface area contributed by atoms with E-state index in [2.05, 4.69) is 36.0 Å². The molecule has 0 spiro atoms. The zero-order valence-corrected chi connectivity index (χ0v) is 8.53. The quantitative estimate of drug-likeness (QED) is 0.682. The Kier molecular flexibility index (Phi) is 2.52. The van der Waals surface area contributed by atoms with Crippen LogP contribution < -0.4 is 0 Å². The zero-order valence-electron chi connectivity index (χ0n) is 8.53. The molecule has 0 amide bonds. The molecule has 0 N–H and O–H groups in total. The fourth-order valence-corrected chi connectivity index (χ4v) is 1.60. The Hall–Kier alpha value is -1.32. The van der Waals surface area contributed by atoms with Crippen molar-refractivity contribution in [2.45, 2.75) is 26.5 Å². The molecule has 0 unspecified atom stereocenters. The number of rotatable bonds is 3. The van der Waals surface area contributed by atoms with Crippen LogP contribution in [0.3, 0.4) is 0 Å². The van der Waals surface area contributed by atoms with Gasteiger partial charge in [-0.2, -0.15) is 0 Å². The van der Waals surface area contributed by atoms with E-state index in [1.54, 1.807) is 0 Å². The predicted octanol–water partition coefficient (Wildman–Crippen LogP) is 2.16. The Balaban J connectivity index is 2.00. The minimum atomic E-state index is 0.607. The number of hydrogen-bond acceptors (Lipinski definition) is 3. The molecule has 0 atom stereocenters. The van der Waals surface area contributed by atoms with Crippen molar-refractivity contribution in [3.63, 3.8) is 0 Å². The number of nitrogens with zero attached hydrogens (tertiary/aromatic N) is 2. The zero-order chi connectivity index (χ0) is 9.97. The molecule has 0 radical (unpaired) electrons. The standard InChI is InChI=1S/C10H13BN2O/c1-11(2)9-4-3-8(5-9)6-10-13-12-7-14-10/h4-5,7H,3,6H2,1-2H3. The highest BCUT2D eigenvalue weighted by atomic mass is 16.4. The molecule has 1 aromatic heterocycles. The average molecular weight is 188 g/mol. The molecule has 0 saturated carbocycles. The minimum Gasteiger partial charge on any atom is -0.428 e. The second kappa shape index (κ2) is 3.82. The van der Waals surface area contributed by atoms with Crippen molar-refractivity contribution in [3.05, 3.63) is 35.5 Å². The van der Waals surface area contributed by atoms with Crippen LogP contribution in [0, 0.1) is 0 Å². The van der Waals surface area contributed by atoms with Crippen LogP contribution >= 0.6 is 0 Å². The van der Waals surface area contributed by atoms with Gasteiger partial charge in [0.15, 0.2) is 6.71 Å². The van der Waals surface area contributed by atoms with Gasteiger partial charge in [0.1, 0.15) is 0 Å². The van der Waals surface area contributed by atoms with E-state index in [4.69, 9.17) is 4.42 Å². The Morgan fingerprint density at radius 3 is 2.93 bits per heavy atom. The van der Waals surface area contributed by atoms with E-state index in [1.165, 1.54) is 17.4 Å². The van der Waals surface area contributed by atoms with E-state index < -0.39 is 0 Å². The van der Waals surface area contributed by atoms with Crippen LogP contribution in [-0.4, -0.2) is 16.9 Å². The van der Waals surface area contributed by atoms with Crippen molar-refractivity contribution in [2.75, 3.05) is 0 Å². The Bertz CT molecular complexity index is 365. The van der Waals surface area contributed by atoms with Gasteiger partial charge in [0.25, 0.3) is 0 Å². The van der Waals surface area contributed by atoms with Gasteiger partial charge in [0.05, 0.1) is 0 Å². The van der Waals surface area contributed by atoms with Gasteiger partial charge in [-0.3, -0.25) is 0 Å². The summed E-state index contributed by atoms with van der Waals surface area (Å²) in [5.41, 5.74) is 2.78. The first kappa shape index (κ1) is 9.25. The van der Waals surface area contributed by atoms with Crippen LogP contribution in [0.1, 0.15) is 12.3 Å². The summed E-state index contributed by atoms with van der Waals surface area (Å²) in [6, 6.07) is 0. The Morgan fingerprint density at radius 2 is 2.36 bits per heavy atom. The largest absolute Gasteiger partial charge is 0.428 e. The summed E-state index contributed by atoms with van der Waals surface area (Å²) in [6.45, 7) is 5.02. The highest BCUT2D eigenvalue weighted by Gasteiger charge is 2.13. The molecule has 3 nitrogen and oxygen atoms in total. The molecular weight excluding hydrogens is 175 g/mol. The molecule has 0 fully saturated rings. The van der Waals surface area contributed by atoms with Crippen molar-refractivity contribution < 1.29 is 4.42 Å². The smallest absolute Gasteiger partial charge is 0.220 e. The third kappa shape index (κ3) is 1.95. The van der Waals surface area contributed by atoms with E-state index in [0.29, 0.717) is 12.6 Å². The lowest BCUT2D eigenvalue weighted by atomic mass is 9.49. The van der Waals surface area contributed by atoms with Gasteiger partial charge in [0, 0.05) is 6.42 Å². The molecule has 14 heavy (non-hydrogen) atoms. The summed E-state index contributed by atoms with van der Waals surface area (Å²) in [5.74, 6) is 0.703. The lowest BCUT2D eigenvalue weighted by Gasteiger charge is -1.97. The van der Waals surface area contributed by atoms with Gasteiger partial charge in [-0.25, -0.2) is 0 Å². The molecule has 1 aliphatic carbocycles. The summed E-state index contributed by atoms with van der Waals surface area (Å²) in [5, 5.41) is 7.53. The fourth-order valence-electron chi connectivity index (χ4n) is 1.60. The maximum Gasteiger partial charge on any atom is 0.220 e. The maximum absolute atomic E-state index is 5.10. The second-order valence-corrected chi connectivity index (χ2v) is 3.87. The van der Waals surface area contributed by atoms with Gasteiger partial charge in [-0.1, -0.05) is 36.8 Å². The van der Waals surface area contributed by atoms with E-state index in [-0.39, 0.29) is 0 Å². The Labute approximate surface area is 84.0 Å². The summed E-state index contributed by atoms with van der Waals surface area (Å²) in [7, 11) is 0. The highest BCUT2D eigenvalue weighted by Crippen LogP contribution is 2.22. The van der Waals surface area contributed by atoms with Crippen LogP contribution in [0.5, 0.6) is 0 Å². The third-order valence-electron chi connectivity index (χ3n) is 2.42. The molecule has 1 aromatic rings. The van der Waals surface area contributed by atoms with E-state index in [0.717, 1.165) is 12.8 Å². The average Bonchev–Trinajstić information content (AvgIpc) is 2.75. The topological polar surface area (TPSA) is 38.9 Å². The number of hydrogen-bond donors (Lipinski definition) is 0. The van der Waals surface area contributed by atoms with Crippen molar-refractivity contribution in [2.24, 2.45) is 0 Å². The van der Waals surface area contributed by atoms with Gasteiger partial charge in [0.2, 0.25) is 12.3 Å². The molecule has 1 aliphatic rings. The van der Waals surface area contributed by atoms with Gasteiger partial charge in [-0.15, -0.1) is 10.2 Å². The lowest BCUT2D eigenvalue weighted by Crippen LogP contribution is -2.01. The van der Waals surface area contributed by atoms with E-state index in [9.17, 15) is 0 Å². The summed E-state index contributed by atoms with van der Waals surface area (Å²) in [4.78, 5) is 0. The fraction of sp³-hybridized carbons (Fsp3) is 0.400. The molecule has 1 heterocycles. The Morgan fingerprint density at radius 1 is 1.50 bits per heavy atom. The molecule has 2 rings (SSSR count). The summed E-state index contributed by atoms with van der Waals surface area (Å²) in [6.07, 6.45) is 7.70. The van der Waals surface area contributed by atoms with Crippen molar-refractivity contribution in [1.82, 2.24) is 10.2 Å². The first-order valence-electron chi connectivity index (χ1n) is 4.90. The molecule has 0 bridgehead atoms.